The van der Waals surface area contributed by atoms with Crippen LogP contribution in [0.25, 0.3) is 5.65 Å². The molecule has 2 aromatic heterocycles. The largest absolute Gasteiger partial charge is 0.481 e. The van der Waals surface area contributed by atoms with Gasteiger partial charge in [-0.2, -0.15) is 0 Å². The number of imidazole rings is 1. The van der Waals surface area contributed by atoms with Gasteiger partial charge in [-0.1, -0.05) is 0 Å². The summed E-state index contributed by atoms with van der Waals surface area (Å²) in [6.07, 6.45) is 5.05. The van der Waals surface area contributed by atoms with Crippen molar-refractivity contribution in [2.45, 2.75) is 0 Å². The molecule has 2 aromatic rings. The van der Waals surface area contributed by atoms with E-state index in [1.165, 1.54) is 0 Å². The molecule has 0 unspecified atom stereocenters. The van der Waals surface area contributed by atoms with Crippen molar-refractivity contribution in [3.05, 3.63) is 18.6 Å². The molecular formula is C8H9N3O2. The molecule has 0 N–H and O–H groups in total. The highest BCUT2D eigenvalue weighted by molar-refractivity contribution is 5.50. The van der Waals surface area contributed by atoms with E-state index in [1.807, 2.05) is 0 Å². The second-order valence-corrected chi connectivity index (χ2v) is 2.43. The highest BCUT2D eigenvalue weighted by atomic mass is 16.5. The van der Waals surface area contributed by atoms with Gasteiger partial charge >= 0.3 is 0 Å². The molecule has 0 amide bonds. The number of methoxy groups -OCH3 is 2. The van der Waals surface area contributed by atoms with Crippen LogP contribution in [0.5, 0.6) is 11.8 Å². The summed E-state index contributed by atoms with van der Waals surface area (Å²) in [5, 5.41) is 0. The average Bonchev–Trinajstić information content (AvgIpc) is 2.64. The molecule has 0 bridgehead atoms. The van der Waals surface area contributed by atoms with Gasteiger partial charge in [0, 0.05) is 12.4 Å². The molecule has 0 fully saturated rings. The minimum absolute atomic E-state index is 0.491. The number of aromatic nitrogens is 3. The zero-order valence-corrected chi connectivity index (χ0v) is 7.39. The van der Waals surface area contributed by atoms with Crippen LogP contribution in [-0.2, 0) is 0 Å². The molecule has 5 nitrogen and oxygen atoms in total. The van der Waals surface area contributed by atoms with Gasteiger partial charge in [0.25, 0.3) is 5.88 Å². The van der Waals surface area contributed by atoms with Crippen LogP contribution < -0.4 is 9.47 Å². The summed E-state index contributed by atoms with van der Waals surface area (Å²) in [7, 11) is 3.15. The van der Waals surface area contributed by atoms with Gasteiger partial charge in [-0.3, -0.25) is 4.40 Å². The SMILES string of the molecule is COc1ncc(OC)n2ccnc12. The first-order valence-electron chi connectivity index (χ1n) is 3.77. The topological polar surface area (TPSA) is 48.7 Å². The quantitative estimate of drug-likeness (QED) is 0.682. The van der Waals surface area contributed by atoms with Gasteiger partial charge in [0.05, 0.1) is 20.4 Å². The Balaban J connectivity index is 2.74. The fourth-order valence-corrected chi connectivity index (χ4v) is 1.17. The lowest BCUT2D eigenvalue weighted by Gasteiger charge is -2.05. The molecule has 0 radical (unpaired) electrons. The highest BCUT2D eigenvalue weighted by Gasteiger charge is 2.07. The van der Waals surface area contributed by atoms with Crippen LogP contribution in [0, 0.1) is 0 Å². The van der Waals surface area contributed by atoms with Gasteiger partial charge in [-0.25, -0.2) is 9.97 Å². The molecule has 0 aliphatic carbocycles. The second-order valence-electron chi connectivity index (χ2n) is 2.43. The van der Waals surface area contributed by atoms with Crippen molar-refractivity contribution in [2.75, 3.05) is 14.2 Å². The van der Waals surface area contributed by atoms with Crippen LogP contribution in [0.4, 0.5) is 0 Å². The van der Waals surface area contributed by atoms with E-state index in [9.17, 15) is 0 Å². The predicted octanol–water partition coefficient (Wildman–Crippen LogP) is 0.746. The summed E-state index contributed by atoms with van der Waals surface area (Å²) in [5.74, 6) is 1.12. The standard InChI is InChI=1S/C8H9N3O2/c1-12-6-5-10-8(13-2)7-9-3-4-11(6)7/h3-5H,1-2H3. The number of hydrogen-bond donors (Lipinski definition) is 0. The first-order valence-corrected chi connectivity index (χ1v) is 3.77. The maximum atomic E-state index is 5.09. The average molecular weight is 179 g/mol. The molecule has 13 heavy (non-hydrogen) atoms. The minimum Gasteiger partial charge on any atom is -0.481 e. The van der Waals surface area contributed by atoms with Gasteiger partial charge in [-0.15, -0.1) is 0 Å². The Bertz CT molecular complexity index is 386. The van der Waals surface area contributed by atoms with Crippen molar-refractivity contribution >= 4 is 5.65 Å². The van der Waals surface area contributed by atoms with Gasteiger partial charge in [0.2, 0.25) is 11.5 Å². The lowest BCUT2D eigenvalue weighted by Crippen LogP contribution is -1.97. The second kappa shape index (κ2) is 2.93. The van der Waals surface area contributed by atoms with Crippen LogP contribution in [0.15, 0.2) is 18.6 Å². The Morgan fingerprint density at radius 3 is 2.77 bits per heavy atom. The Morgan fingerprint density at radius 1 is 1.23 bits per heavy atom. The van der Waals surface area contributed by atoms with Gasteiger partial charge in [0.15, 0.2) is 0 Å². The summed E-state index contributed by atoms with van der Waals surface area (Å²) in [6.45, 7) is 0. The lowest BCUT2D eigenvalue weighted by atomic mass is 10.6. The first-order chi connectivity index (χ1) is 6.36. The molecule has 0 saturated carbocycles. The van der Waals surface area contributed by atoms with E-state index in [0.29, 0.717) is 17.4 Å². The minimum atomic E-state index is 0.491. The lowest BCUT2D eigenvalue weighted by molar-refractivity contribution is 0.374. The monoisotopic (exact) mass is 179 g/mol. The van der Waals surface area contributed by atoms with Crippen molar-refractivity contribution in [2.24, 2.45) is 0 Å². The summed E-state index contributed by atoms with van der Waals surface area (Å²) in [4.78, 5) is 8.13. The number of fused-ring (bicyclic) bond motifs is 1. The predicted molar refractivity (Wildman–Crippen MR) is 46.1 cm³/mol. The van der Waals surface area contributed by atoms with Crippen LogP contribution in [-0.4, -0.2) is 28.6 Å². The zero-order valence-electron chi connectivity index (χ0n) is 7.39. The first kappa shape index (κ1) is 7.85. The van der Waals surface area contributed by atoms with Gasteiger partial charge < -0.3 is 9.47 Å². The Hall–Kier alpha value is -1.78. The van der Waals surface area contributed by atoms with E-state index < -0.39 is 0 Å². The van der Waals surface area contributed by atoms with Crippen LogP contribution >= 0.6 is 0 Å². The summed E-state index contributed by atoms with van der Waals surface area (Å²) in [6, 6.07) is 0. The molecule has 68 valence electrons. The third-order valence-corrected chi connectivity index (χ3v) is 1.76. The number of hydrogen-bond acceptors (Lipinski definition) is 4. The Morgan fingerprint density at radius 2 is 2.08 bits per heavy atom. The number of rotatable bonds is 2. The van der Waals surface area contributed by atoms with E-state index in [4.69, 9.17) is 9.47 Å². The maximum Gasteiger partial charge on any atom is 0.258 e. The number of ether oxygens (including phenoxy) is 2. The molecule has 0 atom stereocenters. The van der Waals surface area contributed by atoms with Crippen molar-refractivity contribution in [1.29, 1.82) is 0 Å². The molecule has 0 aliphatic heterocycles. The molecule has 0 spiro atoms. The van der Waals surface area contributed by atoms with Gasteiger partial charge in [0.1, 0.15) is 0 Å². The van der Waals surface area contributed by atoms with Crippen molar-refractivity contribution in [3.8, 4) is 11.8 Å². The molecule has 2 rings (SSSR count). The van der Waals surface area contributed by atoms with Crippen LogP contribution in [0.2, 0.25) is 0 Å². The maximum absolute atomic E-state index is 5.09. The highest BCUT2D eigenvalue weighted by Crippen LogP contribution is 2.19. The molecule has 0 aromatic carbocycles. The fraction of sp³-hybridized carbons (Fsp3) is 0.250. The van der Waals surface area contributed by atoms with Crippen LogP contribution in [0.1, 0.15) is 0 Å². The van der Waals surface area contributed by atoms with Crippen LogP contribution in [0.3, 0.4) is 0 Å². The van der Waals surface area contributed by atoms with E-state index >= 15 is 0 Å². The molecule has 0 saturated heterocycles. The normalized spacial score (nSPS) is 10.3. The summed E-state index contributed by atoms with van der Waals surface area (Å²) < 4.78 is 11.9. The number of nitrogens with zero attached hydrogens (tertiary/aromatic N) is 3. The Labute approximate surface area is 74.9 Å². The van der Waals surface area contributed by atoms with E-state index in [1.54, 1.807) is 37.2 Å². The third-order valence-electron chi connectivity index (χ3n) is 1.76. The van der Waals surface area contributed by atoms with E-state index in [-0.39, 0.29) is 0 Å². The third kappa shape index (κ3) is 1.09. The smallest absolute Gasteiger partial charge is 0.258 e. The molecule has 2 heterocycles. The Kier molecular flexibility index (Phi) is 1.77. The molecule has 0 aliphatic rings. The van der Waals surface area contributed by atoms with Gasteiger partial charge in [-0.05, 0) is 0 Å². The van der Waals surface area contributed by atoms with E-state index in [2.05, 4.69) is 9.97 Å². The van der Waals surface area contributed by atoms with Crippen molar-refractivity contribution in [3.63, 3.8) is 0 Å². The van der Waals surface area contributed by atoms with E-state index in [0.717, 1.165) is 0 Å². The molecule has 5 heteroatoms. The summed E-state index contributed by atoms with van der Waals surface area (Å²) >= 11 is 0. The molecular weight excluding hydrogens is 170 g/mol. The fourth-order valence-electron chi connectivity index (χ4n) is 1.17. The zero-order chi connectivity index (χ0) is 9.26. The summed E-state index contributed by atoms with van der Waals surface area (Å²) in [5.41, 5.74) is 0.654. The van der Waals surface area contributed by atoms with Crippen molar-refractivity contribution < 1.29 is 9.47 Å². The van der Waals surface area contributed by atoms with Crippen molar-refractivity contribution in [1.82, 2.24) is 14.4 Å².